The Morgan fingerprint density at radius 1 is 0.971 bits per heavy atom. The van der Waals surface area contributed by atoms with E-state index in [2.05, 4.69) is 34.6 Å². The number of carboxylic acid groups (broad SMARTS) is 1. The van der Waals surface area contributed by atoms with Crippen LogP contribution in [0.4, 0.5) is 10.5 Å². The summed E-state index contributed by atoms with van der Waals surface area (Å²) in [6.45, 7) is 1.15. The highest BCUT2D eigenvalue weighted by atomic mass is 16.5. The number of anilines is 1. The van der Waals surface area contributed by atoms with Gasteiger partial charge in [0.25, 0.3) is 0 Å². The number of fused-ring (bicyclic) bond motifs is 3. The SMILES string of the molecule is O=C(O)CC1CN(C(=O)Cc2ccc(NC(=O)OCC3c4ccccc4-c4ccccc43)cn2)C1. The first-order chi connectivity index (χ1) is 17.0. The number of nitrogens with zero attached hydrogens (tertiary/aromatic N) is 2. The van der Waals surface area contributed by atoms with E-state index in [0.29, 0.717) is 24.5 Å². The van der Waals surface area contributed by atoms with Crippen molar-refractivity contribution in [3.63, 3.8) is 0 Å². The molecule has 1 saturated heterocycles. The predicted molar refractivity (Wildman–Crippen MR) is 129 cm³/mol. The molecule has 3 aromatic rings. The van der Waals surface area contributed by atoms with Crippen molar-refractivity contribution >= 4 is 23.7 Å². The molecule has 0 unspecified atom stereocenters. The lowest BCUT2D eigenvalue weighted by Gasteiger charge is -2.38. The Morgan fingerprint density at radius 3 is 2.23 bits per heavy atom. The number of carbonyl (C=O) groups excluding carboxylic acids is 2. The number of aliphatic carboxylic acids is 1. The Hall–Kier alpha value is -4.20. The summed E-state index contributed by atoms with van der Waals surface area (Å²) in [6.07, 6.45) is 1.14. The molecule has 2 N–H and O–H groups in total. The Morgan fingerprint density at radius 2 is 1.63 bits per heavy atom. The molecular formula is C27H25N3O5. The van der Waals surface area contributed by atoms with Gasteiger partial charge in [0.2, 0.25) is 5.91 Å². The molecule has 1 fully saturated rings. The largest absolute Gasteiger partial charge is 0.481 e. The van der Waals surface area contributed by atoms with Crippen molar-refractivity contribution in [2.24, 2.45) is 5.92 Å². The standard InChI is InChI=1S/C27H25N3O5/c31-25(30-14-17(15-30)11-26(32)33)12-18-9-10-19(13-28-18)29-27(34)35-16-24-22-7-3-1-5-20(22)21-6-2-4-8-23(21)24/h1-10,13,17,24H,11-12,14-16H2,(H,29,34)(H,32,33). The quantitative estimate of drug-likeness (QED) is 0.541. The predicted octanol–water partition coefficient (Wildman–Crippen LogP) is 3.92. The van der Waals surface area contributed by atoms with E-state index in [0.717, 1.165) is 11.1 Å². The fourth-order valence-corrected chi connectivity index (χ4v) is 4.77. The van der Waals surface area contributed by atoms with E-state index < -0.39 is 12.1 Å². The number of rotatable bonds is 7. The first-order valence-corrected chi connectivity index (χ1v) is 11.5. The topological polar surface area (TPSA) is 109 Å². The average Bonchev–Trinajstić information content (AvgIpc) is 3.14. The first-order valence-electron chi connectivity index (χ1n) is 11.5. The zero-order valence-corrected chi connectivity index (χ0v) is 19.0. The number of nitrogens with one attached hydrogen (secondary N) is 1. The zero-order chi connectivity index (χ0) is 24.4. The Kier molecular flexibility index (Phi) is 6.18. The van der Waals surface area contributed by atoms with Gasteiger partial charge in [-0.1, -0.05) is 48.5 Å². The van der Waals surface area contributed by atoms with E-state index >= 15 is 0 Å². The highest BCUT2D eigenvalue weighted by Crippen LogP contribution is 2.44. The summed E-state index contributed by atoms with van der Waals surface area (Å²) in [4.78, 5) is 41.4. The molecule has 1 aromatic heterocycles. The molecule has 0 saturated carbocycles. The van der Waals surface area contributed by atoms with Gasteiger partial charge < -0.3 is 14.7 Å². The van der Waals surface area contributed by atoms with E-state index in [1.54, 1.807) is 17.0 Å². The lowest BCUT2D eigenvalue weighted by Crippen LogP contribution is -2.51. The molecule has 0 spiro atoms. The van der Waals surface area contributed by atoms with Gasteiger partial charge in [-0.15, -0.1) is 0 Å². The first kappa shape index (κ1) is 22.6. The van der Waals surface area contributed by atoms with Crippen LogP contribution < -0.4 is 5.32 Å². The number of pyridine rings is 1. The van der Waals surface area contributed by atoms with E-state index in [4.69, 9.17) is 9.84 Å². The number of amides is 2. The molecular weight excluding hydrogens is 446 g/mol. The summed E-state index contributed by atoms with van der Waals surface area (Å²) in [5, 5.41) is 11.5. The molecule has 35 heavy (non-hydrogen) atoms. The van der Waals surface area contributed by atoms with Gasteiger partial charge in [0.1, 0.15) is 6.61 Å². The molecule has 1 aliphatic heterocycles. The summed E-state index contributed by atoms with van der Waals surface area (Å²) in [7, 11) is 0. The van der Waals surface area contributed by atoms with Crippen LogP contribution in [-0.4, -0.2) is 52.7 Å². The number of likely N-dealkylation sites (tertiary alicyclic amines) is 1. The molecule has 2 aliphatic rings. The number of aromatic nitrogens is 1. The van der Waals surface area contributed by atoms with Gasteiger partial charge >= 0.3 is 12.1 Å². The third-order valence-electron chi connectivity index (χ3n) is 6.52. The minimum absolute atomic E-state index is 0.0173. The molecule has 0 bridgehead atoms. The van der Waals surface area contributed by atoms with E-state index in [1.165, 1.54) is 17.3 Å². The van der Waals surface area contributed by atoms with Gasteiger partial charge in [-0.2, -0.15) is 0 Å². The van der Waals surface area contributed by atoms with Crippen LogP contribution in [0.5, 0.6) is 0 Å². The van der Waals surface area contributed by atoms with E-state index in [1.807, 2.05) is 24.3 Å². The van der Waals surface area contributed by atoms with Crippen LogP contribution in [0.1, 0.15) is 29.2 Å². The van der Waals surface area contributed by atoms with Crippen LogP contribution in [-0.2, 0) is 20.7 Å². The Bertz CT molecular complexity index is 1220. The van der Waals surface area contributed by atoms with Crippen molar-refractivity contribution in [1.82, 2.24) is 9.88 Å². The summed E-state index contributed by atoms with van der Waals surface area (Å²) in [6, 6.07) is 19.7. The second-order valence-electron chi connectivity index (χ2n) is 8.93. The Labute approximate surface area is 202 Å². The van der Waals surface area contributed by atoms with Crippen molar-refractivity contribution in [3.8, 4) is 11.1 Å². The van der Waals surface area contributed by atoms with Gasteiger partial charge in [-0.25, -0.2) is 4.79 Å². The lowest BCUT2D eigenvalue weighted by molar-refractivity contribution is -0.144. The molecule has 8 nitrogen and oxygen atoms in total. The monoisotopic (exact) mass is 471 g/mol. The van der Waals surface area contributed by atoms with Crippen molar-refractivity contribution < 1.29 is 24.2 Å². The van der Waals surface area contributed by atoms with Gasteiger partial charge in [0.15, 0.2) is 0 Å². The third-order valence-corrected chi connectivity index (χ3v) is 6.52. The minimum Gasteiger partial charge on any atom is -0.481 e. The molecule has 0 radical (unpaired) electrons. The van der Waals surface area contributed by atoms with E-state index in [-0.39, 0.29) is 37.2 Å². The molecule has 1 aliphatic carbocycles. The maximum absolute atomic E-state index is 12.4. The van der Waals surface area contributed by atoms with Crippen LogP contribution >= 0.6 is 0 Å². The summed E-state index contributed by atoms with van der Waals surface area (Å²) in [5.41, 5.74) is 5.69. The van der Waals surface area contributed by atoms with Crippen LogP contribution in [0.25, 0.3) is 11.1 Å². The highest BCUT2D eigenvalue weighted by Gasteiger charge is 2.32. The maximum Gasteiger partial charge on any atom is 0.411 e. The molecule has 2 heterocycles. The van der Waals surface area contributed by atoms with Gasteiger partial charge in [0.05, 0.1) is 24.7 Å². The Balaban J connectivity index is 1.12. The minimum atomic E-state index is -0.844. The van der Waals surface area contributed by atoms with Crippen LogP contribution in [0.15, 0.2) is 66.9 Å². The van der Waals surface area contributed by atoms with E-state index in [9.17, 15) is 14.4 Å². The molecule has 2 amide bonds. The fourth-order valence-electron chi connectivity index (χ4n) is 4.77. The van der Waals surface area contributed by atoms with Crippen molar-refractivity contribution in [2.45, 2.75) is 18.8 Å². The second-order valence-corrected chi connectivity index (χ2v) is 8.93. The normalized spacial score (nSPS) is 14.6. The highest BCUT2D eigenvalue weighted by molar-refractivity contribution is 5.85. The smallest absolute Gasteiger partial charge is 0.411 e. The average molecular weight is 472 g/mol. The zero-order valence-electron chi connectivity index (χ0n) is 19.0. The van der Waals surface area contributed by atoms with Crippen LogP contribution in [0, 0.1) is 5.92 Å². The number of ether oxygens (including phenoxy) is 1. The number of hydrogen-bond acceptors (Lipinski definition) is 5. The second kappa shape index (κ2) is 9.58. The molecule has 2 aromatic carbocycles. The lowest BCUT2D eigenvalue weighted by atomic mass is 9.96. The van der Waals surface area contributed by atoms with Crippen LogP contribution in [0.3, 0.4) is 0 Å². The maximum atomic E-state index is 12.4. The van der Waals surface area contributed by atoms with Gasteiger partial charge in [0, 0.05) is 30.6 Å². The fraction of sp³-hybridized carbons (Fsp3) is 0.259. The summed E-state index contributed by atoms with van der Waals surface area (Å²) >= 11 is 0. The van der Waals surface area contributed by atoms with Crippen LogP contribution in [0.2, 0.25) is 0 Å². The van der Waals surface area contributed by atoms with Gasteiger partial charge in [-0.3, -0.25) is 19.9 Å². The van der Waals surface area contributed by atoms with Gasteiger partial charge in [-0.05, 0) is 34.4 Å². The number of benzene rings is 2. The number of carboxylic acids is 1. The molecule has 0 atom stereocenters. The van der Waals surface area contributed by atoms with Crippen molar-refractivity contribution in [3.05, 3.63) is 83.7 Å². The van der Waals surface area contributed by atoms with Crippen molar-refractivity contribution in [1.29, 1.82) is 0 Å². The number of carbonyl (C=O) groups is 3. The summed E-state index contributed by atoms with van der Waals surface area (Å²) < 4.78 is 5.55. The molecule has 178 valence electrons. The van der Waals surface area contributed by atoms with Crippen molar-refractivity contribution in [2.75, 3.05) is 25.0 Å². The summed E-state index contributed by atoms with van der Waals surface area (Å²) in [5.74, 6) is -0.927. The molecule has 8 heteroatoms. The number of hydrogen-bond donors (Lipinski definition) is 2. The molecule has 5 rings (SSSR count). The third kappa shape index (κ3) is 4.87.